The third-order valence-corrected chi connectivity index (χ3v) is 3.10. The van der Waals surface area contributed by atoms with Gasteiger partial charge in [-0.25, -0.2) is 4.79 Å². The standard InChI is InChI=1S/C13H11ClN2O4/c1-15-7-10(16(18)19)6-12(15)13(17)20-8-9-4-2-3-5-11(9)14/h2-7H,8H2,1H3. The van der Waals surface area contributed by atoms with Gasteiger partial charge in [0.15, 0.2) is 0 Å². The molecule has 0 aliphatic heterocycles. The first kappa shape index (κ1) is 14.1. The fourth-order valence-corrected chi connectivity index (χ4v) is 1.87. The van der Waals surface area contributed by atoms with Crippen molar-refractivity contribution < 1.29 is 14.5 Å². The minimum Gasteiger partial charge on any atom is -0.456 e. The third-order valence-electron chi connectivity index (χ3n) is 2.73. The van der Waals surface area contributed by atoms with Crippen molar-refractivity contribution in [2.45, 2.75) is 6.61 Å². The molecule has 0 saturated carbocycles. The fourth-order valence-electron chi connectivity index (χ4n) is 1.68. The highest BCUT2D eigenvalue weighted by Crippen LogP contribution is 2.19. The van der Waals surface area contributed by atoms with Crippen LogP contribution in [0.3, 0.4) is 0 Å². The number of rotatable bonds is 4. The Morgan fingerprint density at radius 1 is 1.45 bits per heavy atom. The molecule has 0 aliphatic rings. The number of benzene rings is 1. The van der Waals surface area contributed by atoms with Crippen LogP contribution in [0.4, 0.5) is 5.69 Å². The Morgan fingerprint density at radius 2 is 2.15 bits per heavy atom. The van der Waals surface area contributed by atoms with Gasteiger partial charge in [-0.1, -0.05) is 29.8 Å². The van der Waals surface area contributed by atoms with E-state index in [1.807, 2.05) is 0 Å². The van der Waals surface area contributed by atoms with Gasteiger partial charge in [0.2, 0.25) is 0 Å². The van der Waals surface area contributed by atoms with Gasteiger partial charge >= 0.3 is 5.97 Å². The second-order valence-corrected chi connectivity index (χ2v) is 4.53. The molecule has 0 fully saturated rings. The molecule has 0 atom stereocenters. The number of halogens is 1. The minimum absolute atomic E-state index is 0.0114. The Kier molecular flexibility index (Phi) is 4.05. The third kappa shape index (κ3) is 2.97. The molecule has 0 spiro atoms. The molecule has 7 heteroatoms. The number of aryl methyl sites for hydroxylation is 1. The van der Waals surface area contributed by atoms with Crippen molar-refractivity contribution in [3.05, 3.63) is 62.9 Å². The van der Waals surface area contributed by atoms with E-state index >= 15 is 0 Å². The zero-order valence-corrected chi connectivity index (χ0v) is 11.3. The molecule has 0 radical (unpaired) electrons. The van der Waals surface area contributed by atoms with E-state index in [0.717, 1.165) is 0 Å². The predicted octanol–water partition coefficient (Wildman–Crippen LogP) is 2.94. The topological polar surface area (TPSA) is 74.4 Å². The summed E-state index contributed by atoms with van der Waals surface area (Å²) in [4.78, 5) is 21.9. The summed E-state index contributed by atoms with van der Waals surface area (Å²) in [5.74, 6) is -0.638. The molecule has 104 valence electrons. The molecule has 0 aliphatic carbocycles. The van der Waals surface area contributed by atoms with Crippen molar-refractivity contribution in [2.75, 3.05) is 0 Å². The van der Waals surface area contributed by atoms with E-state index in [-0.39, 0.29) is 18.0 Å². The molecular weight excluding hydrogens is 284 g/mol. The summed E-state index contributed by atoms with van der Waals surface area (Å²) in [7, 11) is 1.54. The summed E-state index contributed by atoms with van der Waals surface area (Å²) >= 11 is 5.94. The summed E-state index contributed by atoms with van der Waals surface area (Å²) in [6.45, 7) is 0.0114. The molecule has 0 amide bonds. The van der Waals surface area contributed by atoms with Gasteiger partial charge in [-0.15, -0.1) is 0 Å². The molecule has 2 rings (SSSR count). The van der Waals surface area contributed by atoms with E-state index in [2.05, 4.69) is 0 Å². The molecule has 0 N–H and O–H groups in total. The van der Waals surface area contributed by atoms with Gasteiger partial charge < -0.3 is 9.30 Å². The lowest BCUT2D eigenvalue weighted by Crippen LogP contribution is -2.09. The highest BCUT2D eigenvalue weighted by molar-refractivity contribution is 6.31. The molecular formula is C13H11ClN2O4. The van der Waals surface area contributed by atoms with Crippen molar-refractivity contribution in [3.8, 4) is 0 Å². The second kappa shape index (κ2) is 5.75. The average Bonchev–Trinajstić information content (AvgIpc) is 2.80. The van der Waals surface area contributed by atoms with Gasteiger partial charge in [0.1, 0.15) is 12.3 Å². The highest BCUT2D eigenvalue weighted by Gasteiger charge is 2.18. The number of ether oxygens (including phenoxy) is 1. The minimum atomic E-state index is -0.638. The van der Waals surface area contributed by atoms with Crippen LogP contribution in [0.25, 0.3) is 0 Å². The summed E-state index contributed by atoms with van der Waals surface area (Å²) in [5.41, 5.74) is 0.632. The monoisotopic (exact) mass is 294 g/mol. The van der Waals surface area contributed by atoms with Gasteiger partial charge in [0.05, 0.1) is 11.1 Å². The first-order valence-electron chi connectivity index (χ1n) is 5.70. The largest absolute Gasteiger partial charge is 0.456 e. The van der Waals surface area contributed by atoms with Gasteiger partial charge in [-0.05, 0) is 6.07 Å². The van der Waals surface area contributed by atoms with E-state index in [1.54, 1.807) is 31.3 Å². The molecule has 2 aromatic rings. The number of carbonyl (C=O) groups excluding carboxylic acids is 1. The fraction of sp³-hybridized carbons (Fsp3) is 0.154. The SMILES string of the molecule is Cn1cc([N+](=O)[O-])cc1C(=O)OCc1ccccc1Cl. The lowest BCUT2D eigenvalue weighted by atomic mass is 10.2. The van der Waals surface area contributed by atoms with Crippen molar-refractivity contribution in [1.82, 2.24) is 4.57 Å². The van der Waals surface area contributed by atoms with Gasteiger partial charge in [0.25, 0.3) is 5.69 Å². The number of esters is 1. The first-order chi connectivity index (χ1) is 9.49. The summed E-state index contributed by atoms with van der Waals surface area (Å²) in [5, 5.41) is 11.1. The second-order valence-electron chi connectivity index (χ2n) is 4.12. The zero-order valence-electron chi connectivity index (χ0n) is 10.6. The van der Waals surface area contributed by atoms with Crippen LogP contribution in [0.15, 0.2) is 36.5 Å². The van der Waals surface area contributed by atoms with E-state index < -0.39 is 10.9 Å². The van der Waals surface area contributed by atoms with Crippen LogP contribution in [0.2, 0.25) is 5.02 Å². The van der Waals surface area contributed by atoms with Crippen LogP contribution in [0.1, 0.15) is 16.1 Å². The maximum Gasteiger partial charge on any atom is 0.355 e. The molecule has 1 aromatic carbocycles. The number of carbonyl (C=O) groups is 1. The first-order valence-corrected chi connectivity index (χ1v) is 6.08. The number of aromatic nitrogens is 1. The molecule has 0 bridgehead atoms. The Balaban J connectivity index is 2.09. The van der Waals surface area contributed by atoms with Crippen LogP contribution in [-0.2, 0) is 18.4 Å². The summed E-state index contributed by atoms with van der Waals surface area (Å²) in [6, 6.07) is 8.16. The lowest BCUT2D eigenvalue weighted by Gasteiger charge is -2.06. The van der Waals surface area contributed by atoms with Gasteiger partial charge in [0, 0.05) is 23.7 Å². The smallest absolute Gasteiger partial charge is 0.355 e. The number of hydrogen-bond donors (Lipinski definition) is 0. The highest BCUT2D eigenvalue weighted by atomic mass is 35.5. The predicted molar refractivity (Wildman–Crippen MR) is 72.6 cm³/mol. The number of nitro groups is 1. The number of hydrogen-bond acceptors (Lipinski definition) is 4. The van der Waals surface area contributed by atoms with Crippen LogP contribution >= 0.6 is 11.6 Å². The quantitative estimate of drug-likeness (QED) is 0.493. The Morgan fingerprint density at radius 3 is 2.75 bits per heavy atom. The molecule has 0 unspecified atom stereocenters. The molecule has 1 heterocycles. The van der Waals surface area contributed by atoms with Crippen LogP contribution in [-0.4, -0.2) is 15.5 Å². The van der Waals surface area contributed by atoms with E-state index in [9.17, 15) is 14.9 Å². The number of nitrogens with zero attached hydrogens (tertiary/aromatic N) is 2. The van der Waals surface area contributed by atoms with E-state index in [0.29, 0.717) is 10.6 Å². The van der Waals surface area contributed by atoms with Crippen LogP contribution in [0, 0.1) is 10.1 Å². The van der Waals surface area contributed by atoms with Crippen molar-refractivity contribution >= 4 is 23.3 Å². The lowest BCUT2D eigenvalue weighted by molar-refractivity contribution is -0.384. The van der Waals surface area contributed by atoms with Crippen LogP contribution < -0.4 is 0 Å². The van der Waals surface area contributed by atoms with Crippen molar-refractivity contribution in [3.63, 3.8) is 0 Å². The maximum atomic E-state index is 11.9. The van der Waals surface area contributed by atoms with Gasteiger partial charge in [-0.2, -0.15) is 0 Å². The molecule has 1 aromatic heterocycles. The van der Waals surface area contributed by atoms with Gasteiger partial charge in [-0.3, -0.25) is 10.1 Å². The molecule has 6 nitrogen and oxygen atoms in total. The Hall–Kier alpha value is -2.34. The average molecular weight is 295 g/mol. The maximum absolute atomic E-state index is 11.9. The Bertz CT molecular complexity index is 666. The van der Waals surface area contributed by atoms with Crippen molar-refractivity contribution in [2.24, 2.45) is 7.05 Å². The van der Waals surface area contributed by atoms with E-state index in [4.69, 9.17) is 16.3 Å². The van der Waals surface area contributed by atoms with E-state index in [1.165, 1.54) is 16.8 Å². The summed E-state index contributed by atoms with van der Waals surface area (Å²) < 4.78 is 6.46. The van der Waals surface area contributed by atoms with Crippen LogP contribution in [0.5, 0.6) is 0 Å². The summed E-state index contributed by atoms with van der Waals surface area (Å²) in [6.07, 6.45) is 1.26. The Labute approximate surface area is 119 Å². The zero-order chi connectivity index (χ0) is 14.7. The van der Waals surface area contributed by atoms with Crippen molar-refractivity contribution in [1.29, 1.82) is 0 Å². The normalized spacial score (nSPS) is 10.3. The molecule has 20 heavy (non-hydrogen) atoms. The molecule has 0 saturated heterocycles.